The zero-order chi connectivity index (χ0) is 18.8. The van der Waals surface area contributed by atoms with Crippen LogP contribution in [-0.4, -0.2) is 29.1 Å². The number of H-pyrrole nitrogens is 1. The molecule has 2 aromatic rings. The van der Waals surface area contributed by atoms with Crippen molar-refractivity contribution in [3.63, 3.8) is 0 Å². The van der Waals surface area contributed by atoms with E-state index in [1.807, 2.05) is 50.4 Å². The second-order valence-corrected chi connectivity index (χ2v) is 7.50. The Bertz CT molecular complexity index is 891. The van der Waals surface area contributed by atoms with Gasteiger partial charge in [-0.15, -0.1) is 0 Å². The van der Waals surface area contributed by atoms with Gasteiger partial charge in [0.1, 0.15) is 11.5 Å². The van der Waals surface area contributed by atoms with Crippen molar-refractivity contribution in [1.82, 2.24) is 9.88 Å². The van der Waals surface area contributed by atoms with Gasteiger partial charge in [0.2, 0.25) is 5.88 Å². The molecule has 5 heteroatoms. The SMILES string of the molecule is CC(C)Oc1ccc(C2=CCc3c([nH]cc(CN4CCCC4)c3=O)O2)cc1. The van der Waals surface area contributed by atoms with Gasteiger partial charge in [0.25, 0.3) is 0 Å². The Hall–Kier alpha value is -2.53. The molecule has 0 bridgehead atoms. The molecule has 0 amide bonds. The molecule has 142 valence electrons. The van der Waals surface area contributed by atoms with Crippen LogP contribution in [0.3, 0.4) is 0 Å². The number of rotatable bonds is 5. The molecule has 0 atom stereocenters. The van der Waals surface area contributed by atoms with E-state index in [1.54, 1.807) is 0 Å². The Morgan fingerprint density at radius 1 is 1.19 bits per heavy atom. The molecule has 1 aromatic carbocycles. The third kappa shape index (κ3) is 3.93. The summed E-state index contributed by atoms with van der Waals surface area (Å²) in [6.45, 7) is 6.88. The molecular weight excluding hydrogens is 340 g/mol. The first-order valence-corrected chi connectivity index (χ1v) is 9.71. The van der Waals surface area contributed by atoms with Crippen molar-refractivity contribution in [2.24, 2.45) is 0 Å². The van der Waals surface area contributed by atoms with Gasteiger partial charge in [-0.2, -0.15) is 0 Å². The summed E-state index contributed by atoms with van der Waals surface area (Å²) >= 11 is 0. The topological polar surface area (TPSA) is 54.6 Å². The number of hydrogen-bond donors (Lipinski definition) is 1. The second kappa shape index (κ2) is 7.61. The molecule has 1 saturated heterocycles. The van der Waals surface area contributed by atoms with E-state index in [0.717, 1.165) is 47.8 Å². The molecule has 1 aromatic heterocycles. The van der Waals surface area contributed by atoms with E-state index < -0.39 is 0 Å². The summed E-state index contributed by atoms with van der Waals surface area (Å²) in [5.74, 6) is 2.16. The first-order chi connectivity index (χ1) is 13.1. The van der Waals surface area contributed by atoms with Crippen molar-refractivity contribution < 1.29 is 9.47 Å². The highest BCUT2D eigenvalue weighted by Crippen LogP contribution is 2.28. The number of allylic oxidation sites excluding steroid dienone is 1. The largest absolute Gasteiger partial charge is 0.491 e. The van der Waals surface area contributed by atoms with Gasteiger partial charge in [-0.25, -0.2) is 0 Å². The zero-order valence-corrected chi connectivity index (χ0v) is 16.0. The normalized spacial score (nSPS) is 16.8. The fourth-order valence-electron chi connectivity index (χ4n) is 3.67. The third-order valence-electron chi connectivity index (χ3n) is 5.02. The minimum atomic E-state index is 0.103. The molecule has 1 fully saturated rings. The van der Waals surface area contributed by atoms with Crippen molar-refractivity contribution in [3.8, 4) is 11.6 Å². The van der Waals surface area contributed by atoms with E-state index in [2.05, 4.69) is 9.88 Å². The van der Waals surface area contributed by atoms with E-state index in [9.17, 15) is 4.79 Å². The van der Waals surface area contributed by atoms with Crippen LogP contribution in [0, 0.1) is 0 Å². The van der Waals surface area contributed by atoms with Gasteiger partial charge in [0.15, 0.2) is 5.43 Å². The molecule has 27 heavy (non-hydrogen) atoms. The number of likely N-dealkylation sites (tertiary alicyclic amines) is 1. The number of aromatic amines is 1. The lowest BCUT2D eigenvalue weighted by atomic mass is 10.0. The predicted octanol–water partition coefficient (Wildman–Crippen LogP) is 3.73. The maximum absolute atomic E-state index is 12.8. The van der Waals surface area contributed by atoms with Crippen LogP contribution < -0.4 is 14.9 Å². The van der Waals surface area contributed by atoms with Gasteiger partial charge in [0.05, 0.1) is 11.7 Å². The molecule has 0 aliphatic carbocycles. The highest BCUT2D eigenvalue weighted by molar-refractivity contribution is 5.65. The molecular formula is C22H26N2O3. The lowest BCUT2D eigenvalue weighted by Gasteiger charge is -2.20. The maximum Gasteiger partial charge on any atom is 0.204 e. The lowest BCUT2D eigenvalue weighted by molar-refractivity contribution is 0.242. The summed E-state index contributed by atoms with van der Waals surface area (Å²) < 4.78 is 11.7. The van der Waals surface area contributed by atoms with E-state index in [4.69, 9.17) is 9.47 Å². The first kappa shape index (κ1) is 17.9. The second-order valence-electron chi connectivity index (χ2n) is 7.50. The van der Waals surface area contributed by atoms with Crippen molar-refractivity contribution in [1.29, 1.82) is 0 Å². The van der Waals surface area contributed by atoms with Crippen LogP contribution in [0.2, 0.25) is 0 Å². The van der Waals surface area contributed by atoms with E-state index in [0.29, 0.717) is 12.3 Å². The Morgan fingerprint density at radius 3 is 2.63 bits per heavy atom. The van der Waals surface area contributed by atoms with E-state index in [1.165, 1.54) is 12.8 Å². The van der Waals surface area contributed by atoms with Crippen molar-refractivity contribution in [2.45, 2.75) is 45.8 Å². The quantitative estimate of drug-likeness (QED) is 0.876. The highest BCUT2D eigenvalue weighted by Gasteiger charge is 2.21. The Labute approximate surface area is 159 Å². The van der Waals surface area contributed by atoms with Gasteiger partial charge in [-0.1, -0.05) is 0 Å². The molecule has 2 aliphatic heterocycles. The molecule has 0 radical (unpaired) electrons. The molecule has 4 rings (SSSR count). The van der Waals surface area contributed by atoms with Gasteiger partial charge in [-0.05, 0) is 70.1 Å². The summed E-state index contributed by atoms with van der Waals surface area (Å²) in [4.78, 5) is 18.4. The molecule has 2 aliphatic rings. The average Bonchev–Trinajstić information content (AvgIpc) is 3.17. The zero-order valence-electron chi connectivity index (χ0n) is 16.0. The number of aromatic nitrogens is 1. The van der Waals surface area contributed by atoms with Crippen LogP contribution >= 0.6 is 0 Å². The number of nitrogens with zero attached hydrogens (tertiary/aromatic N) is 1. The molecule has 3 heterocycles. The van der Waals surface area contributed by atoms with Crippen molar-refractivity contribution in [2.75, 3.05) is 13.1 Å². The number of hydrogen-bond acceptors (Lipinski definition) is 4. The highest BCUT2D eigenvalue weighted by atomic mass is 16.5. The van der Waals surface area contributed by atoms with Crippen LogP contribution in [0.25, 0.3) is 5.76 Å². The number of ether oxygens (including phenoxy) is 2. The summed E-state index contributed by atoms with van der Waals surface area (Å²) in [5.41, 5.74) is 2.62. The molecule has 0 saturated carbocycles. The number of pyridine rings is 1. The fraction of sp³-hybridized carbons (Fsp3) is 0.409. The summed E-state index contributed by atoms with van der Waals surface area (Å²) in [7, 11) is 0. The first-order valence-electron chi connectivity index (χ1n) is 9.71. The van der Waals surface area contributed by atoms with E-state index in [-0.39, 0.29) is 11.5 Å². The van der Waals surface area contributed by atoms with Crippen LogP contribution in [0.4, 0.5) is 0 Å². The Morgan fingerprint density at radius 2 is 1.93 bits per heavy atom. The minimum Gasteiger partial charge on any atom is -0.491 e. The number of nitrogens with one attached hydrogen (secondary N) is 1. The molecule has 0 unspecified atom stereocenters. The van der Waals surface area contributed by atoms with Crippen LogP contribution in [0.15, 0.2) is 41.3 Å². The van der Waals surface area contributed by atoms with Gasteiger partial charge in [-0.3, -0.25) is 9.69 Å². The predicted molar refractivity (Wildman–Crippen MR) is 106 cm³/mol. The third-order valence-corrected chi connectivity index (χ3v) is 5.02. The van der Waals surface area contributed by atoms with Crippen molar-refractivity contribution in [3.05, 3.63) is 63.5 Å². The van der Waals surface area contributed by atoms with Crippen LogP contribution in [0.5, 0.6) is 11.6 Å². The fourth-order valence-corrected chi connectivity index (χ4v) is 3.67. The monoisotopic (exact) mass is 366 g/mol. The standard InChI is InChI=1S/C22H26N2O3/c1-15(2)26-18-7-5-16(6-8-18)20-10-9-19-21(25)17(13-23-22(19)27-20)14-24-11-3-4-12-24/h5-8,10,13,15H,3-4,9,11-12,14H2,1-2H3,(H,23,25). The van der Waals surface area contributed by atoms with Gasteiger partial charge >= 0.3 is 0 Å². The number of fused-ring (bicyclic) bond motifs is 1. The average molecular weight is 366 g/mol. The smallest absolute Gasteiger partial charge is 0.204 e. The maximum atomic E-state index is 12.8. The van der Waals surface area contributed by atoms with E-state index >= 15 is 0 Å². The number of benzene rings is 1. The Kier molecular flexibility index (Phi) is 5.03. The lowest BCUT2D eigenvalue weighted by Crippen LogP contribution is -2.26. The molecule has 5 nitrogen and oxygen atoms in total. The summed E-state index contributed by atoms with van der Waals surface area (Å²) in [6.07, 6.45) is 6.96. The van der Waals surface area contributed by atoms with Gasteiger partial charge in [0, 0.05) is 30.3 Å². The van der Waals surface area contributed by atoms with Gasteiger partial charge < -0.3 is 14.5 Å². The van der Waals surface area contributed by atoms with Crippen molar-refractivity contribution >= 4 is 5.76 Å². The summed E-state index contributed by atoms with van der Waals surface area (Å²) in [5, 5.41) is 0. The Balaban J connectivity index is 1.51. The van der Waals surface area contributed by atoms with Crippen LogP contribution in [0.1, 0.15) is 43.4 Å². The summed E-state index contributed by atoms with van der Waals surface area (Å²) in [6, 6.07) is 7.84. The molecule has 1 N–H and O–H groups in total. The minimum absolute atomic E-state index is 0.103. The molecule has 0 spiro atoms. The van der Waals surface area contributed by atoms with Crippen LogP contribution in [-0.2, 0) is 13.0 Å².